The number of carbonyl (C=O) groups excluding carboxylic acids is 2. The van der Waals surface area contributed by atoms with E-state index in [9.17, 15) is 14.7 Å². The molecule has 0 unspecified atom stereocenters. The third-order valence-corrected chi connectivity index (χ3v) is 2.55. The van der Waals surface area contributed by atoms with Crippen molar-refractivity contribution in [2.45, 2.75) is 0 Å². The molecule has 0 amide bonds. The van der Waals surface area contributed by atoms with Crippen molar-refractivity contribution in [3.05, 3.63) is 54.0 Å². The number of hydrogen-bond acceptors (Lipinski definition) is 6. The van der Waals surface area contributed by atoms with Gasteiger partial charge in [0.05, 0.1) is 11.8 Å². The summed E-state index contributed by atoms with van der Waals surface area (Å²) in [5.41, 5.74) is -0.0318. The second-order valence-electron chi connectivity index (χ2n) is 4.08. The summed E-state index contributed by atoms with van der Waals surface area (Å²) in [6, 6.07) is 6.86. The van der Waals surface area contributed by atoms with Crippen LogP contribution in [0, 0.1) is 0 Å². The molecular formula is C15H12O6. The van der Waals surface area contributed by atoms with Crippen molar-refractivity contribution in [3.63, 3.8) is 0 Å². The van der Waals surface area contributed by atoms with Crippen molar-refractivity contribution in [1.29, 1.82) is 0 Å². The number of phenolic OH excluding ortho intramolecular Hbond substituents is 2. The van der Waals surface area contributed by atoms with E-state index in [2.05, 4.69) is 0 Å². The first kappa shape index (κ1) is 14.4. The Morgan fingerprint density at radius 3 is 2.71 bits per heavy atom. The van der Waals surface area contributed by atoms with Crippen LogP contribution in [0.25, 0.3) is 6.08 Å². The molecule has 2 N–H and O–H groups in total. The molecule has 1 heterocycles. The number of furan rings is 1. The third-order valence-electron chi connectivity index (χ3n) is 2.55. The monoisotopic (exact) mass is 288 g/mol. The molecule has 0 saturated carbocycles. The molecule has 0 saturated heterocycles. The first-order chi connectivity index (χ1) is 10.1. The van der Waals surface area contributed by atoms with Crippen molar-refractivity contribution in [2.75, 3.05) is 6.61 Å². The molecule has 0 spiro atoms. The quantitative estimate of drug-likeness (QED) is 0.497. The summed E-state index contributed by atoms with van der Waals surface area (Å²) in [4.78, 5) is 23.2. The minimum atomic E-state index is -0.710. The van der Waals surface area contributed by atoms with Crippen molar-refractivity contribution in [1.82, 2.24) is 0 Å². The predicted molar refractivity (Wildman–Crippen MR) is 72.8 cm³/mol. The van der Waals surface area contributed by atoms with E-state index in [1.165, 1.54) is 24.5 Å². The Morgan fingerprint density at radius 2 is 2.05 bits per heavy atom. The van der Waals surface area contributed by atoms with E-state index < -0.39 is 18.4 Å². The number of rotatable bonds is 5. The van der Waals surface area contributed by atoms with Gasteiger partial charge in [-0.05, 0) is 30.3 Å². The first-order valence-electron chi connectivity index (χ1n) is 6.00. The molecule has 0 aliphatic heterocycles. The average Bonchev–Trinajstić information content (AvgIpc) is 2.95. The summed E-state index contributed by atoms with van der Waals surface area (Å²) in [5.74, 6) is -1.34. The molecule has 108 valence electrons. The average molecular weight is 288 g/mol. The lowest BCUT2D eigenvalue weighted by Crippen LogP contribution is -2.12. The number of ether oxygens (including phenoxy) is 1. The number of benzene rings is 1. The predicted octanol–water partition coefficient (Wildman–Crippen LogP) is 2.13. The second kappa shape index (κ2) is 6.42. The van der Waals surface area contributed by atoms with Gasteiger partial charge in [0.1, 0.15) is 17.3 Å². The van der Waals surface area contributed by atoms with Crippen LogP contribution >= 0.6 is 0 Å². The maximum absolute atomic E-state index is 11.8. The molecule has 21 heavy (non-hydrogen) atoms. The zero-order valence-corrected chi connectivity index (χ0v) is 10.9. The van der Waals surface area contributed by atoms with Crippen LogP contribution in [-0.2, 0) is 9.53 Å². The van der Waals surface area contributed by atoms with Gasteiger partial charge < -0.3 is 19.4 Å². The van der Waals surface area contributed by atoms with Crippen LogP contribution < -0.4 is 0 Å². The van der Waals surface area contributed by atoms with E-state index in [1.54, 1.807) is 12.1 Å². The Kier molecular flexibility index (Phi) is 4.40. The molecule has 0 bridgehead atoms. The van der Waals surface area contributed by atoms with Gasteiger partial charge >= 0.3 is 5.97 Å². The summed E-state index contributed by atoms with van der Waals surface area (Å²) in [5, 5.41) is 18.6. The Bertz CT molecular complexity index is 669. The maximum atomic E-state index is 11.8. The van der Waals surface area contributed by atoms with Crippen LogP contribution in [0.2, 0.25) is 0 Å². The minimum absolute atomic E-state index is 0.0318. The molecule has 2 rings (SSSR count). The normalized spacial score (nSPS) is 10.7. The van der Waals surface area contributed by atoms with Crippen molar-refractivity contribution >= 4 is 17.8 Å². The van der Waals surface area contributed by atoms with Gasteiger partial charge in [-0.1, -0.05) is 0 Å². The lowest BCUT2D eigenvalue weighted by Gasteiger charge is -2.04. The number of esters is 1. The number of Topliss-reactive ketones (excluding diaryl/α,β-unsaturated/α-hetero) is 1. The van der Waals surface area contributed by atoms with E-state index in [0.717, 1.165) is 12.1 Å². The highest BCUT2D eigenvalue weighted by Crippen LogP contribution is 2.22. The van der Waals surface area contributed by atoms with E-state index in [4.69, 9.17) is 14.3 Å². The Morgan fingerprint density at radius 1 is 1.24 bits per heavy atom. The molecule has 0 aliphatic carbocycles. The number of carbonyl (C=O) groups is 2. The highest BCUT2D eigenvalue weighted by molar-refractivity contribution is 6.01. The molecule has 0 radical (unpaired) electrons. The minimum Gasteiger partial charge on any atom is -0.508 e. The van der Waals surface area contributed by atoms with Gasteiger partial charge in [0.15, 0.2) is 6.61 Å². The topological polar surface area (TPSA) is 97.0 Å². The Balaban J connectivity index is 1.90. The SMILES string of the molecule is O=C(C=Cc1ccco1)OCC(=O)c1ccc(O)cc1O. The molecule has 6 heteroatoms. The van der Waals surface area contributed by atoms with E-state index in [1.807, 2.05) is 0 Å². The highest BCUT2D eigenvalue weighted by atomic mass is 16.5. The van der Waals surface area contributed by atoms with E-state index in [-0.39, 0.29) is 17.1 Å². The van der Waals surface area contributed by atoms with Crippen LogP contribution in [0.5, 0.6) is 11.5 Å². The van der Waals surface area contributed by atoms with Crippen LogP contribution in [0.4, 0.5) is 0 Å². The first-order valence-corrected chi connectivity index (χ1v) is 6.00. The number of ketones is 1. The number of aromatic hydroxyl groups is 2. The van der Waals surface area contributed by atoms with Crippen LogP contribution in [0.1, 0.15) is 16.1 Å². The van der Waals surface area contributed by atoms with Gasteiger partial charge in [-0.2, -0.15) is 0 Å². The van der Waals surface area contributed by atoms with Gasteiger partial charge in [0.2, 0.25) is 5.78 Å². The van der Waals surface area contributed by atoms with Crippen LogP contribution in [0.3, 0.4) is 0 Å². The highest BCUT2D eigenvalue weighted by Gasteiger charge is 2.13. The summed E-state index contributed by atoms with van der Waals surface area (Å²) in [6.45, 7) is -0.514. The van der Waals surface area contributed by atoms with Crippen molar-refractivity contribution in [2.24, 2.45) is 0 Å². The Labute approximate surface area is 119 Å². The van der Waals surface area contributed by atoms with Gasteiger partial charge in [-0.25, -0.2) is 4.79 Å². The second-order valence-corrected chi connectivity index (χ2v) is 4.08. The molecule has 0 aliphatic rings. The molecule has 1 aromatic carbocycles. The largest absolute Gasteiger partial charge is 0.508 e. The molecular weight excluding hydrogens is 276 g/mol. The molecule has 0 atom stereocenters. The molecule has 2 aromatic rings. The summed E-state index contributed by atoms with van der Waals surface area (Å²) in [7, 11) is 0. The van der Waals surface area contributed by atoms with Gasteiger partial charge in [-0.15, -0.1) is 0 Å². The fourth-order valence-corrected chi connectivity index (χ4v) is 1.55. The summed E-state index contributed by atoms with van der Waals surface area (Å²) < 4.78 is 9.74. The lowest BCUT2D eigenvalue weighted by atomic mass is 10.1. The van der Waals surface area contributed by atoms with Gasteiger partial charge in [-0.3, -0.25) is 4.79 Å². The number of phenols is 2. The van der Waals surface area contributed by atoms with Crippen molar-refractivity contribution < 1.29 is 29.0 Å². The molecule has 0 fully saturated rings. The van der Waals surface area contributed by atoms with Crippen LogP contribution in [-0.4, -0.2) is 28.6 Å². The fourth-order valence-electron chi connectivity index (χ4n) is 1.55. The molecule has 6 nitrogen and oxygen atoms in total. The van der Waals surface area contributed by atoms with Crippen LogP contribution in [0.15, 0.2) is 47.1 Å². The zero-order valence-electron chi connectivity index (χ0n) is 10.9. The van der Waals surface area contributed by atoms with Crippen molar-refractivity contribution in [3.8, 4) is 11.5 Å². The lowest BCUT2D eigenvalue weighted by molar-refractivity contribution is -0.136. The fraction of sp³-hybridized carbons (Fsp3) is 0.0667. The van der Waals surface area contributed by atoms with E-state index >= 15 is 0 Å². The standard InChI is InChI=1S/C15H12O6/c16-10-3-5-12(13(17)8-10)14(18)9-21-15(19)6-4-11-2-1-7-20-11/h1-8,16-17H,9H2. The summed E-state index contributed by atoms with van der Waals surface area (Å²) in [6.07, 6.45) is 4.00. The van der Waals surface area contributed by atoms with Gasteiger partial charge in [0.25, 0.3) is 0 Å². The van der Waals surface area contributed by atoms with E-state index in [0.29, 0.717) is 5.76 Å². The zero-order chi connectivity index (χ0) is 15.2. The smallest absolute Gasteiger partial charge is 0.331 e. The Hall–Kier alpha value is -3.02. The number of hydrogen-bond donors (Lipinski definition) is 2. The maximum Gasteiger partial charge on any atom is 0.331 e. The third kappa shape index (κ3) is 3.97. The molecule has 1 aromatic heterocycles. The summed E-state index contributed by atoms with van der Waals surface area (Å²) >= 11 is 0. The van der Waals surface area contributed by atoms with Gasteiger partial charge in [0, 0.05) is 12.1 Å².